The number of halogens is 2. The average molecular weight is 377 g/mol. The minimum absolute atomic E-state index is 0.0754. The van der Waals surface area contributed by atoms with E-state index in [9.17, 15) is 18.7 Å². The van der Waals surface area contributed by atoms with E-state index in [1.807, 2.05) is 13.8 Å². The Morgan fingerprint density at radius 3 is 2.44 bits per heavy atom. The largest absolute Gasteiger partial charge is 0.491 e. The molecule has 0 aromatic heterocycles. The van der Waals surface area contributed by atoms with Gasteiger partial charge in [0.1, 0.15) is 5.75 Å². The molecule has 27 heavy (non-hydrogen) atoms. The van der Waals surface area contributed by atoms with Gasteiger partial charge in [-0.15, -0.1) is 0 Å². The van der Waals surface area contributed by atoms with Gasteiger partial charge in [0.15, 0.2) is 11.6 Å². The summed E-state index contributed by atoms with van der Waals surface area (Å²) in [6.45, 7) is 3.98. The molecule has 6 heteroatoms. The molecule has 1 atom stereocenters. The predicted molar refractivity (Wildman–Crippen MR) is 99.5 cm³/mol. The Bertz CT molecular complexity index is 748. The Morgan fingerprint density at radius 2 is 1.81 bits per heavy atom. The lowest BCUT2D eigenvalue weighted by Crippen LogP contribution is -2.28. The summed E-state index contributed by atoms with van der Waals surface area (Å²) >= 11 is 0. The second kappa shape index (κ2) is 10.0. The zero-order valence-electron chi connectivity index (χ0n) is 15.5. The lowest BCUT2D eigenvalue weighted by Gasteiger charge is -2.14. The summed E-state index contributed by atoms with van der Waals surface area (Å²) in [5.74, 6) is -1.24. The highest BCUT2D eigenvalue weighted by molar-refractivity contribution is 5.75. The van der Waals surface area contributed by atoms with Gasteiger partial charge in [0.25, 0.3) is 0 Å². The molecule has 0 aliphatic carbocycles. The molecule has 0 spiro atoms. The molecular weight excluding hydrogens is 352 g/mol. The molecule has 4 nitrogen and oxygen atoms in total. The maximum Gasteiger partial charge on any atom is 0.220 e. The molecule has 0 aliphatic rings. The average Bonchev–Trinajstić information content (AvgIpc) is 2.63. The highest BCUT2D eigenvalue weighted by Gasteiger charge is 2.10. The van der Waals surface area contributed by atoms with Crippen LogP contribution in [0.2, 0.25) is 0 Å². The second-order valence-corrected chi connectivity index (χ2v) is 6.66. The fraction of sp³-hybridized carbons (Fsp3) is 0.381. The molecule has 1 unspecified atom stereocenters. The number of carbonyl (C=O) groups is 1. The van der Waals surface area contributed by atoms with Crippen molar-refractivity contribution in [1.82, 2.24) is 5.32 Å². The number of nitrogens with one attached hydrogen (secondary N) is 1. The first-order valence-electron chi connectivity index (χ1n) is 9.00. The highest BCUT2D eigenvalue weighted by Crippen LogP contribution is 2.18. The van der Waals surface area contributed by atoms with Crippen molar-refractivity contribution in [3.8, 4) is 5.75 Å². The van der Waals surface area contributed by atoms with Crippen LogP contribution in [0.25, 0.3) is 0 Å². The number of amides is 1. The Labute approximate surface area is 158 Å². The van der Waals surface area contributed by atoms with Crippen molar-refractivity contribution in [2.24, 2.45) is 0 Å². The number of rotatable bonds is 9. The Kier molecular flexibility index (Phi) is 7.73. The summed E-state index contributed by atoms with van der Waals surface area (Å²) in [5, 5.41) is 12.8. The van der Waals surface area contributed by atoms with Gasteiger partial charge in [-0.25, -0.2) is 8.78 Å². The monoisotopic (exact) mass is 377 g/mol. The lowest BCUT2D eigenvalue weighted by molar-refractivity contribution is -0.121. The van der Waals surface area contributed by atoms with E-state index in [-0.39, 0.29) is 25.0 Å². The van der Waals surface area contributed by atoms with Crippen LogP contribution in [-0.2, 0) is 11.2 Å². The quantitative estimate of drug-likeness (QED) is 0.696. The maximum absolute atomic E-state index is 13.1. The van der Waals surface area contributed by atoms with Gasteiger partial charge in [0.05, 0.1) is 12.2 Å². The van der Waals surface area contributed by atoms with E-state index in [1.54, 1.807) is 24.3 Å². The maximum atomic E-state index is 13.1. The van der Waals surface area contributed by atoms with Crippen molar-refractivity contribution in [2.75, 3.05) is 6.54 Å². The Morgan fingerprint density at radius 1 is 1.11 bits per heavy atom. The minimum atomic E-state index is -0.884. The van der Waals surface area contributed by atoms with E-state index >= 15 is 0 Å². The molecule has 0 heterocycles. The Balaban J connectivity index is 1.72. The van der Waals surface area contributed by atoms with Crippen LogP contribution in [0.1, 0.15) is 43.9 Å². The second-order valence-electron chi connectivity index (χ2n) is 6.66. The van der Waals surface area contributed by atoms with Crippen molar-refractivity contribution >= 4 is 5.91 Å². The van der Waals surface area contributed by atoms with Gasteiger partial charge >= 0.3 is 0 Å². The minimum Gasteiger partial charge on any atom is -0.491 e. The number of ether oxygens (including phenoxy) is 1. The number of carbonyl (C=O) groups excluding carboxylic acids is 1. The SMILES string of the molecule is CC(C)Oc1ccc(C(O)CNC(=O)CCCc2ccc(F)c(F)c2)cc1. The molecule has 2 N–H and O–H groups in total. The van der Waals surface area contributed by atoms with Gasteiger partial charge < -0.3 is 15.2 Å². The van der Waals surface area contributed by atoms with Crippen molar-refractivity contribution < 1.29 is 23.4 Å². The first kappa shape index (κ1) is 20.8. The fourth-order valence-corrected chi connectivity index (χ4v) is 2.61. The van der Waals surface area contributed by atoms with Crippen LogP contribution in [0.15, 0.2) is 42.5 Å². The van der Waals surface area contributed by atoms with Crippen LogP contribution >= 0.6 is 0 Å². The molecule has 0 fully saturated rings. The summed E-state index contributed by atoms with van der Waals surface area (Å²) in [7, 11) is 0. The topological polar surface area (TPSA) is 58.6 Å². The van der Waals surface area contributed by atoms with Crippen LogP contribution < -0.4 is 10.1 Å². The first-order chi connectivity index (χ1) is 12.8. The number of aryl methyl sites for hydroxylation is 1. The number of aliphatic hydroxyl groups is 1. The van der Waals surface area contributed by atoms with Gasteiger partial charge in [0, 0.05) is 13.0 Å². The van der Waals surface area contributed by atoms with E-state index in [0.29, 0.717) is 24.0 Å². The third-order valence-corrected chi connectivity index (χ3v) is 3.98. The molecule has 0 saturated carbocycles. The lowest BCUT2D eigenvalue weighted by atomic mass is 10.1. The van der Waals surface area contributed by atoms with Gasteiger partial charge in [-0.1, -0.05) is 18.2 Å². The van der Waals surface area contributed by atoms with Crippen LogP contribution in [0, 0.1) is 11.6 Å². The number of benzene rings is 2. The number of hydrogen-bond acceptors (Lipinski definition) is 3. The molecule has 2 aromatic carbocycles. The molecule has 2 rings (SSSR count). The normalized spacial score (nSPS) is 12.1. The Hall–Kier alpha value is -2.47. The van der Waals surface area contributed by atoms with E-state index in [1.165, 1.54) is 6.07 Å². The van der Waals surface area contributed by atoms with Crippen LogP contribution in [0.3, 0.4) is 0 Å². The van der Waals surface area contributed by atoms with Crippen molar-refractivity contribution in [3.63, 3.8) is 0 Å². The molecule has 2 aromatic rings. The van der Waals surface area contributed by atoms with Crippen molar-refractivity contribution in [2.45, 2.75) is 45.3 Å². The van der Waals surface area contributed by atoms with E-state index < -0.39 is 17.7 Å². The van der Waals surface area contributed by atoms with E-state index in [4.69, 9.17) is 4.74 Å². The van der Waals surface area contributed by atoms with Crippen molar-refractivity contribution in [1.29, 1.82) is 0 Å². The van der Waals surface area contributed by atoms with Crippen LogP contribution in [0.5, 0.6) is 5.75 Å². The molecule has 0 aliphatic heterocycles. The summed E-state index contributed by atoms with van der Waals surface area (Å²) in [6.07, 6.45) is 0.491. The van der Waals surface area contributed by atoms with E-state index in [2.05, 4.69) is 5.32 Å². The molecule has 146 valence electrons. The standard InChI is InChI=1S/C21H25F2NO3/c1-14(2)27-17-9-7-16(8-10-17)20(25)13-24-21(26)5-3-4-15-6-11-18(22)19(23)12-15/h6-12,14,20,25H,3-5,13H2,1-2H3,(H,24,26). The smallest absolute Gasteiger partial charge is 0.220 e. The third-order valence-electron chi connectivity index (χ3n) is 3.98. The molecule has 0 bridgehead atoms. The summed E-state index contributed by atoms with van der Waals surface area (Å²) < 4.78 is 31.6. The zero-order chi connectivity index (χ0) is 19.8. The third kappa shape index (κ3) is 6.98. The van der Waals surface area contributed by atoms with Crippen molar-refractivity contribution in [3.05, 3.63) is 65.2 Å². The highest BCUT2D eigenvalue weighted by atomic mass is 19.2. The van der Waals surface area contributed by atoms with Crippen LogP contribution in [0.4, 0.5) is 8.78 Å². The predicted octanol–water partition coefficient (Wildman–Crippen LogP) is 3.92. The summed E-state index contributed by atoms with van der Waals surface area (Å²) in [4.78, 5) is 11.9. The molecule has 1 amide bonds. The molecule has 0 radical (unpaired) electrons. The van der Waals surface area contributed by atoms with E-state index in [0.717, 1.165) is 17.9 Å². The van der Waals surface area contributed by atoms with Crippen LogP contribution in [-0.4, -0.2) is 23.7 Å². The van der Waals surface area contributed by atoms with Gasteiger partial charge in [-0.3, -0.25) is 4.79 Å². The summed E-state index contributed by atoms with van der Waals surface area (Å²) in [5.41, 5.74) is 1.33. The summed E-state index contributed by atoms with van der Waals surface area (Å²) in [6, 6.07) is 10.8. The fourth-order valence-electron chi connectivity index (χ4n) is 2.61. The van der Waals surface area contributed by atoms with Gasteiger partial charge in [-0.05, 0) is 62.1 Å². The molecular formula is C21H25F2NO3. The zero-order valence-corrected chi connectivity index (χ0v) is 15.5. The van der Waals surface area contributed by atoms with Gasteiger partial charge in [0.2, 0.25) is 5.91 Å². The number of aliphatic hydroxyl groups excluding tert-OH is 1. The molecule has 0 saturated heterocycles. The number of hydrogen-bond donors (Lipinski definition) is 2. The van der Waals surface area contributed by atoms with Gasteiger partial charge in [-0.2, -0.15) is 0 Å². The first-order valence-corrected chi connectivity index (χ1v) is 9.00.